The van der Waals surface area contributed by atoms with Crippen molar-refractivity contribution in [2.75, 3.05) is 30.8 Å². The molecule has 0 bridgehead atoms. The number of nitrogens with one attached hydrogen (secondary N) is 1. The smallest absolute Gasteiger partial charge is 0.222 e. The molecule has 21 heavy (non-hydrogen) atoms. The van der Waals surface area contributed by atoms with Crippen LogP contribution in [0.25, 0.3) is 0 Å². The summed E-state index contributed by atoms with van der Waals surface area (Å²) in [4.78, 5) is 8.28. The molecule has 0 amide bonds. The first-order valence-electron chi connectivity index (χ1n) is 7.18. The third-order valence-electron chi connectivity index (χ3n) is 4.15. The van der Waals surface area contributed by atoms with E-state index < -0.39 is 10.0 Å². The lowest BCUT2D eigenvalue weighted by Gasteiger charge is -2.23. The van der Waals surface area contributed by atoms with Crippen LogP contribution in [0.2, 0.25) is 0 Å². The van der Waals surface area contributed by atoms with Crippen LogP contribution in [-0.4, -0.2) is 59.8 Å². The van der Waals surface area contributed by atoms with Gasteiger partial charge in [-0.1, -0.05) is 0 Å². The quantitative estimate of drug-likeness (QED) is 0.870. The Morgan fingerprint density at radius 1 is 1.48 bits per heavy atom. The Labute approximate surface area is 124 Å². The van der Waals surface area contributed by atoms with E-state index in [0.29, 0.717) is 25.6 Å². The fourth-order valence-electron chi connectivity index (χ4n) is 3.01. The van der Waals surface area contributed by atoms with Crippen molar-refractivity contribution < 1.29 is 13.2 Å². The Morgan fingerprint density at radius 2 is 2.24 bits per heavy atom. The van der Waals surface area contributed by atoms with Crippen LogP contribution in [0.4, 0.5) is 5.95 Å². The molecular formula is C13H20N4O3S. The minimum atomic E-state index is -3.13. The van der Waals surface area contributed by atoms with Gasteiger partial charge in [-0.25, -0.2) is 18.4 Å². The van der Waals surface area contributed by atoms with Crippen LogP contribution in [0.1, 0.15) is 19.8 Å². The number of nitrogens with zero attached hydrogens (tertiary/aromatic N) is 3. The lowest BCUT2D eigenvalue weighted by molar-refractivity contribution is 0.0173. The molecular weight excluding hydrogens is 292 g/mol. The van der Waals surface area contributed by atoms with Crippen LogP contribution in [0.3, 0.4) is 0 Å². The standard InChI is InChI=1S/C13H20N4O3S/c1-2-21(18,19)17-7-4-13(10-17)8-11(9-20-13)16-12-14-5-3-6-15-12/h3,5-6,11H,2,4,7-10H2,1H3,(H,14,15,16)/t11-,13-/m0/s1. The summed E-state index contributed by atoms with van der Waals surface area (Å²) in [6.07, 6.45) is 4.90. The van der Waals surface area contributed by atoms with Crippen LogP contribution in [0, 0.1) is 0 Å². The van der Waals surface area contributed by atoms with Gasteiger partial charge in [0, 0.05) is 31.9 Å². The topological polar surface area (TPSA) is 84.4 Å². The second-order valence-corrected chi connectivity index (χ2v) is 7.85. The molecule has 3 rings (SSSR count). The van der Waals surface area contributed by atoms with Crippen molar-refractivity contribution in [3.05, 3.63) is 18.5 Å². The minimum Gasteiger partial charge on any atom is -0.371 e. The maximum absolute atomic E-state index is 11.9. The Hall–Kier alpha value is -1.25. The van der Waals surface area contributed by atoms with E-state index in [1.54, 1.807) is 29.7 Å². The largest absolute Gasteiger partial charge is 0.371 e. The van der Waals surface area contributed by atoms with E-state index >= 15 is 0 Å². The molecule has 0 saturated carbocycles. The molecule has 116 valence electrons. The molecule has 1 aromatic heterocycles. The average molecular weight is 312 g/mol. The third-order valence-corrected chi connectivity index (χ3v) is 5.98. The van der Waals surface area contributed by atoms with Crippen LogP contribution in [-0.2, 0) is 14.8 Å². The van der Waals surface area contributed by atoms with Crippen LogP contribution in [0.5, 0.6) is 0 Å². The van der Waals surface area contributed by atoms with Crippen molar-refractivity contribution in [2.45, 2.75) is 31.4 Å². The van der Waals surface area contributed by atoms with Gasteiger partial charge in [0.1, 0.15) is 0 Å². The Bertz CT molecular complexity index is 595. The van der Waals surface area contributed by atoms with Gasteiger partial charge in [0.2, 0.25) is 16.0 Å². The van der Waals surface area contributed by atoms with Gasteiger partial charge in [0.15, 0.2) is 0 Å². The van der Waals surface area contributed by atoms with Crippen LogP contribution in [0.15, 0.2) is 18.5 Å². The highest BCUT2D eigenvalue weighted by Crippen LogP contribution is 2.36. The van der Waals surface area contributed by atoms with Gasteiger partial charge in [-0.2, -0.15) is 4.31 Å². The zero-order valence-corrected chi connectivity index (χ0v) is 12.8. The van der Waals surface area contributed by atoms with Gasteiger partial charge < -0.3 is 10.1 Å². The maximum atomic E-state index is 11.9. The average Bonchev–Trinajstić information content (AvgIpc) is 3.08. The van der Waals surface area contributed by atoms with Gasteiger partial charge in [-0.05, 0) is 19.4 Å². The number of anilines is 1. The molecule has 1 N–H and O–H groups in total. The summed E-state index contributed by atoms with van der Waals surface area (Å²) < 4.78 is 31.4. The molecule has 0 unspecified atom stereocenters. The van der Waals surface area contributed by atoms with Crippen LogP contribution >= 0.6 is 0 Å². The molecule has 0 aliphatic carbocycles. The van der Waals surface area contributed by atoms with Crippen molar-refractivity contribution in [3.8, 4) is 0 Å². The number of aromatic nitrogens is 2. The molecule has 2 aliphatic heterocycles. The first-order chi connectivity index (χ1) is 10.0. The number of rotatable bonds is 4. The number of hydrogen-bond acceptors (Lipinski definition) is 6. The number of hydrogen-bond donors (Lipinski definition) is 1. The monoisotopic (exact) mass is 312 g/mol. The Balaban J connectivity index is 1.62. The summed E-state index contributed by atoms with van der Waals surface area (Å²) in [6.45, 7) is 3.23. The lowest BCUT2D eigenvalue weighted by Crippen LogP contribution is -2.37. The van der Waals surface area contributed by atoms with E-state index in [0.717, 1.165) is 12.8 Å². The van der Waals surface area contributed by atoms with Crippen LogP contribution < -0.4 is 5.32 Å². The van der Waals surface area contributed by atoms with E-state index in [9.17, 15) is 8.42 Å². The normalized spacial score (nSPS) is 30.0. The van der Waals surface area contributed by atoms with Gasteiger partial charge >= 0.3 is 0 Å². The third kappa shape index (κ3) is 3.02. The zero-order chi connectivity index (χ0) is 14.9. The van der Waals surface area contributed by atoms with Crippen molar-refractivity contribution in [3.63, 3.8) is 0 Å². The second kappa shape index (κ2) is 5.51. The number of sulfonamides is 1. The highest BCUT2D eigenvalue weighted by atomic mass is 32.2. The molecule has 0 radical (unpaired) electrons. The summed E-state index contributed by atoms with van der Waals surface area (Å²) in [5.74, 6) is 0.724. The van der Waals surface area contributed by atoms with Crippen molar-refractivity contribution in [1.29, 1.82) is 0 Å². The highest BCUT2D eigenvalue weighted by molar-refractivity contribution is 7.89. The van der Waals surface area contributed by atoms with E-state index in [2.05, 4.69) is 15.3 Å². The molecule has 2 fully saturated rings. The summed E-state index contributed by atoms with van der Waals surface area (Å²) in [5, 5.41) is 3.24. The van der Waals surface area contributed by atoms with Gasteiger partial charge in [0.05, 0.1) is 24.0 Å². The molecule has 1 spiro atoms. The second-order valence-electron chi connectivity index (χ2n) is 5.60. The first kappa shape index (κ1) is 14.7. The van der Waals surface area contributed by atoms with Gasteiger partial charge in [0.25, 0.3) is 0 Å². The zero-order valence-electron chi connectivity index (χ0n) is 12.0. The number of ether oxygens (including phenoxy) is 1. The minimum absolute atomic E-state index is 0.122. The molecule has 1 aromatic rings. The fraction of sp³-hybridized carbons (Fsp3) is 0.692. The highest BCUT2D eigenvalue weighted by Gasteiger charge is 2.48. The molecule has 2 saturated heterocycles. The van der Waals surface area contributed by atoms with Crippen molar-refractivity contribution >= 4 is 16.0 Å². The summed E-state index contributed by atoms with van der Waals surface area (Å²) in [5.41, 5.74) is -0.352. The fourth-order valence-corrected chi connectivity index (χ4v) is 4.17. The molecule has 0 aromatic carbocycles. The van der Waals surface area contributed by atoms with E-state index in [1.165, 1.54) is 0 Å². The summed E-state index contributed by atoms with van der Waals surface area (Å²) in [6, 6.07) is 1.89. The van der Waals surface area contributed by atoms with E-state index in [4.69, 9.17) is 4.74 Å². The van der Waals surface area contributed by atoms with E-state index in [1.807, 2.05) is 0 Å². The molecule has 8 heteroatoms. The molecule has 7 nitrogen and oxygen atoms in total. The predicted octanol–water partition coefficient (Wildman–Crippen LogP) is 0.472. The maximum Gasteiger partial charge on any atom is 0.222 e. The van der Waals surface area contributed by atoms with Gasteiger partial charge in [-0.15, -0.1) is 0 Å². The van der Waals surface area contributed by atoms with Gasteiger partial charge in [-0.3, -0.25) is 0 Å². The lowest BCUT2D eigenvalue weighted by atomic mass is 9.97. The Kier molecular flexibility index (Phi) is 3.85. The molecule has 2 aliphatic rings. The Morgan fingerprint density at radius 3 is 2.95 bits per heavy atom. The van der Waals surface area contributed by atoms with Crippen molar-refractivity contribution in [2.24, 2.45) is 0 Å². The summed E-state index contributed by atoms with van der Waals surface area (Å²) >= 11 is 0. The molecule has 2 atom stereocenters. The summed E-state index contributed by atoms with van der Waals surface area (Å²) in [7, 11) is -3.13. The predicted molar refractivity (Wildman–Crippen MR) is 78.4 cm³/mol. The molecule has 3 heterocycles. The van der Waals surface area contributed by atoms with E-state index in [-0.39, 0.29) is 17.4 Å². The first-order valence-corrected chi connectivity index (χ1v) is 8.79. The van der Waals surface area contributed by atoms with Crippen molar-refractivity contribution in [1.82, 2.24) is 14.3 Å². The SMILES string of the molecule is CCS(=O)(=O)N1CC[C@]2(C[C@H](Nc3ncccn3)CO2)C1.